The van der Waals surface area contributed by atoms with E-state index in [2.05, 4.69) is 10.6 Å². The Balaban J connectivity index is 1.91. The molecule has 0 aromatic heterocycles. The van der Waals surface area contributed by atoms with Gasteiger partial charge in [0.05, 0.1) is 15.6 Å². The lowest BCUT2D eigenvalue weighted by Crippen LogP contribution is -2.32. The number of carbonyl (C=O) groups excluding carboxylic acids is 1. The highest BCUT2D eigenvalue weighted by molar-refractivity contribution is 7.80. The normalized spacial score (nSPS) is 10.4. The molecule has 0 radical (unpaired) electrons. The van der Waals surface area contributed by atoms with Crippen molar-refractivity contribution in [3.63, 3.8) is 0 Å². The molecule has 2 aromatic carbocycles. The van der Waals surface area contributed by atoms with E-state index in [1.165, 1.54) is 24.3 Å². The fourth-order valence-corrected chi connectivity index (χ4v) is 2.14. The summed E-state index contributed by atoms with van der Waals surface area (Å²) < 4.78 is 0. The zero-order chi connectivity index (χ0) is 17.5. The molecule has 1 amide bonds. The van der Waals surface area contributed by atoms with E-state index in [4.69, 9.17) is 23.8 Å². The molecule has 0 saturated carbocycles. The number of halogens is 1. The van der Waals surface area contributed by atoms with Gasteiger partial charge in [-0.25, -0.2) is 0 Å². The molecule has 0 unspecified atom stereocenters. The van der Waals surface area contributed by atoms with Gasteiger partial charge in [0.2, 0.25) is 5.91 Å². The van der Waals surface area contributed by atoms with Crippen LogP contribution in [0.5, 0.6) is 0 Å². The van der Waals surface area contributed by atoms with Gasteiger partial charge < -0.3 is 5.32 Å². The number of benzene rings is 2. The van der Waals surface area contributed by atoms with Gasteiger partial charge >= 0.3 is 0 Å². The lowest BCUT2D eigenvalue weighted by molar-refractivity contribution is -0.384. The summed E-state index contributed by atoms with van der Waals surface area (Å²) in [4.78, 5) is 21.9. The number of nitro groups is 1. The van der Waals surface area contributed by atoms with Gasteiger partial charge in [-0.15, -0.1) is 0 Å². The lowest BCUT2D eigenvalue weighted by Gasteiger charge is -2.09. The molecule has 24 heavy (non-hydrogen) atoms. The number of thiocarbonyl (C=S) groups is 1. The SMILES string of the molecule is O=C(/C=C/c1ccc([N+](=O)[O-])cc1)NC(=S)Nc1ccccc1Cl. The molecule has 6 nitrogen and oxygen atoms in total. The van der Waals surface area contributed by atoms with E-state index in [9.17, 15) is 14.9 Å². The highest BCUT2D eigenvalue weighted by Crippen LogP contribution is 2.20. The summed E-state index contributed by atoms with van der Waals surface area (Å²) in [6.45, 7) is 0. The fraction of sp³-hybridized carbons (Fsp3) is 0. The molecule has 0 atom stereocenters. The second-order valence-electron chi connectivity index (χ2n) is 4.61. The average molecular weight is 362 g/mol. The van der Waals surface area contributed by atoms with Crippen LogP contribution in [0.15, 0.2) is 54.6 Å². The maximum absolute atomic E-state index is 11.8. The van der Waals surface area contributed by atoms with Gasteiger partial charge in [0.25, 0.3) is 5.69 Å². The number of nitrogens with zero attached hydrogens (tertiary/aromatic N) is 1. The number of nitro benzene ring substituents is 1. The molecule has 0 aliphatic heterocycles. The Morgan fingerprint density at radius 3 is 2.46 bits per heavy atom. The minimum absolute atomic E-state index is 0.0123. The standard InChI is InChI=1S/C16H12ClN3O3S/c17-13-3-1-2-4-14(13)18-16(24)19-15(21)10-7-11-5-8-12(9-6-11)20(22)23/h1-10H,(H2,18,19,21,24)/b10-7+. The van der Waals surface area contributed by atoms with Crippen LogP contribution < -0.4 is 10.6 Å². The summed E-state index contributed by atoms with van der Waals surface area (Å²) >= 11 is 11.0. The second-order valence-corrected chi connectivity index (χ2v) is 5.42. The number of hydrogen-bond acceptors (Lipinski definition) is 4. The fourth-order valence-electron chi connectivity index (χ4n) is 1.75. The Bertz CT molecular complexity index is 806. The first kappa shape index (κ1) is 17.6. The number of amides is 1. The molecule has 0 aliphatic rings. The maximum atomic E-state index is 11.8. The van der Waals surface area contributed by atoms with Crippen molar-refractivity contribution >= 4 is 52.3 Å². The van der Waals surface area contributed by atoms with Crippen LogP contribution in [0.25, 0.3) is 6.08 Å². The van der Waals surface area contributed by atoms with Gasteiger partial charge in [0, 0.05) is 18.2 Å². The van der Waals surface area contributed by atoms with E-state index in [0.717, 1.165) is 0 Å². The number of carbonyl (C=O) groups is 1. The molecular weight excluding hydrogens is 350 g/mol. The van der Waals surface area contributed by atoms with Gasteiger partial charge in [-0.3, -0.25) is 20.2 Å². The summed E-state index contributed by atoms with van der Waals surface area (Å²) in [5, 5.41) is 16.5. The van der Waals surface area contributed by atoms with Crippen molar-refractivity contribution in [3.8, 4) is 0 Å². The predicted molar refractivity (Wildman–Crippen MR) is 97.9 cm³/mol. The molecule has 0 bridgehead atoms. The molecular formula is C16H12ClN3O3S. The summed E-state index contributed by atoms with van der Waals surface area (Å²) in [5.74, 6) is -0.432. The zero-order valence-electron chi connectivity index (χ0n) is 12.2. The van der Waals surface area contributed by atoms with Crippen LogP contribution >= 0.6 is 23.8 Å². The van der Waals surface area contributed by atoms with Crippen molar-refractivity contribution < 1.29 is 9.72 Å². The topological polar surface area (TPSA) is 84.3 Å². The minimum atomic E-state index is -0.487. The van der Waals surface area contributed by atoms with Crippen molar-refractivity contribution in [1.29, 1.82) is 0 Å². The van der Waals surface area contributed by atoms with Crippen LogP contribution in [0.1, 0.15) is 5.56 Å². The smallest absolute Gasteiger partial charge is 0.269 e. The molecule has 2 rings (SSSR count). The van der Waals surface area contributed by atoms with Crippen LogP contribution in [0.4, 0.5) is 11.4 Å². The van der Waals surface area contributed by atoms with Gasteiger partial charge in [-0.2, -0.15) is 0 Å². The summed E-state index contributed by atoms with van der Waals surface area (Å²) in [6, 6.07) is 12.8. The second kappa shape index (κ2) is 8.19. The molecule has 0 fully saturated rings. The third kappa shape index (κ3) is 5.15. The molecule has 122 valence electrons. The molecule has 2 aromatic rings. The highest BCUT2D eigenvalue weighted by Gasteiger charge is 2.05. The summed E-state index contributed by atoms with van der Waals surface area (Å²) in [5.41, 5.74) is 1.23. The molecule has 0 saturated heterocycles. The number of para-hydroxylation sites is 1. The first-order chi connectivity index (χ1) is 11.5. The number of anilines is 1. The third-order valence-corrected chi connectivity index (χ3v) is 3.42. The maximum Gasteiger partial charge on any atom is 0.269 e. The van der Waals surface area contributed by atoms with E-state index in [1.807, 2.05) is 0 Å². The van der Waals surface area contributed by atoms with Gasteiger partial charge in [-0.1, -0.05) is 23.7 Å². The van der Waals surface area contributed by atoms with E-state index < -0.39 is 10.8 Å². The Morgan fingerprint density at radius 1 is 1.17 bits per heavy atom. The molecule has 0 aliphatic carbocycles. The monoisotopic (exact) mass is 361 g/mol. The number of hydrogen-bond donors (Lipinski definition) is 2. The minimum Gasteiger partial charge on any atom is -0.331 e. The molecule has 0 spiro atoms. The zero-order valence-corrected chi connectivity index (χ0v) is 13.8. The van der Waals surface area contributed by atoms with Gasteiger partial charge in [0.1, 0.15) is 0 Å². The highest BCUT2D eigenvalue weighted by atomic mass is 35.5. The molecule has 2 N–H and O–H groups in total. The van der Waals surface area contributed by atoms with Crippen molar-refractivity contribution in [2.75, 3.05) is 5.32 Å². The van der Waals surface area contributed by atoms with Gasteiger partial charge in [0.15, 0.2) is 5.11 Å². The number of nitrogens with one attached hydrogen (secondary N) is 2. The number of rotatable bonds is 4. The Morgan fingerprint density at radius 2 is 1.83 bits per heavy atom. The van der Waals surface area contributed by atoms with Crippen LogP contribution in [-0.4, -0.2) is 15.9 Å². The Hall–Kier alpha value is -2.77. The lowest BCUT2D eigenvalue weighted by atomic mass is 10.2. The predicted octanol–water partition coefficient (Wildman–Crippen LogP) is 3.77. The van der Waals surface area contributed by atoms with E-state index >= 15 is 0 Å². The van der Waals surface area contributed by atoms with E-state index in [1.54, 1.807) is 36.4 Å². The van der Waals surface area contributed by atoms with Gasteiger partial charge in [-0.05, 0) is 48.1 Å². The van der Waals surface area contributed by atoms with Crippen LogP contribution in [0, 0.1) is 10.1 Å². The Kier molecular flexibility index (Phi) is 6.00. The van der Waals surface area contributed by atoms with Crippen LogP contribution in [0.2, 0.25) is 5.02 Å². The van der Waals surface area contributed by atoms with Crippen LogP contribution in [-0.2, 0) is 4.79 Å². The van der Waals surface area contributed by atoms with E-state index in [0.29, 0.717) is 16.3 Å². The average Bonchev–Trinajstić information content (AvgIpc) is 2.55. The van der Waals surface area contributed by atoms with Crippen molar-refractivity contribution in [3.05, 3.63) is 75.3 Å². The first-order valence-electron chi connectivity index (χ1n) is 6.75. The quantitative estimate of drug-likeness (QED) is 0.375. The number of non-ortho nitro benzene ring substituents is 1. The van der Waals surface area contributed by atoms with Crippen LogP contribution in [0.3, 0.4) is 0 Å². The largest absolute Gasteiger partial charge is 0.331 e. The van der Waals surface area contributed by atoms with Crippen molar-refractivity contribution in [1.82, 2.24) is 5.32 Å². The molecule has 0 heterocycles. The van der Waals surface area contributed by atoms with E-state index in [-0.39, 0.29) is 10.8 Å². The molecule has 8 heteroatoms. The third-order valence-electron chi connectivity index (χ3n) is 2.89. The van der Waals surface area contributed by atoms with Crippen molar-refractivity contribution in [2.24, 2.45) is 0 Å². The Labute approximate surface area is 148 Å². The van der Waals surface area contributed by atoms with Crippen molar-refractivity contribution in [2.45, 2.75) is 0 Å². The summed E-state index contributed by atoms with van der Waals surface area (Å²) in [7, 11) is 0. The first-order valence-corrected chi connectivity index (χ1v) is 7.53. The summed E-state index contributed by atoms with van der Waals surface area (Å²) in [6.07, 6.45) is 2.80.